The molecule has 0 saturated heterocycles. The second-order valence-electron chi connectivity index (χ2n) is 32.9. The highest BCUT2D eigenvalue weighted by molar-refractivity contribution is 5.70. The minimum Gasteiger partial charge on any atom is -0.545 e. The van der Waals surface area contributed by atoms with E-state index in [1.165, 1.54) is 360 Å². The van der Waals surface area contributed by atoms with E-state index in [-0.39, 0.29) is 32.2 Å². The Labute approximate surface area is 665 Å². The molecule has 9 heteroatoms. The number of hydrogen-bond donors (Lipinski definition) is 0. The van der Waals surface area contributed by atoms with Crippen LogP contribution in [0.4, 0.5) is 0 Å². The molecule has 0 heterocycles. The standard InChI is InChI=1S/C98H179NO8/c1-6-8-10-12-14-16-18-20-22-24-26-28-30-32-34-36-38-40-42-44-46-48-50-52-54-56-58-60-62-64-66-68-70-72-74-76-78-80-82-84-86-88-95(100)105-92-94(93-106-98(97(102)103)104-91-90-99(3,4)5)107-96(101)89-87-85-83-81-79-77-75-73-71-69-67-65-63-61-59-57-55-53-51-49-47-45-43-41-39-37-35-33-31-29-27-25-23-21-19-17-15-13-11-9-7-2/h9,11,15,17-18,20-21,23-24,26-27,29,33,35,94,98H,6-8,10,12-14,16,19,22,25,28,30-32,34,36-93H2,1-5H3/b11-9-,17-15-,20-18-,23-21-,26-24-,29-27-,35-33-. The molecule has 0 aliphatic heterocycles. The molecule has 0 spiro atoms. The summed E-state index contributed by atoms with van der Waals surface area (Å²) < 4.78 is 22.9. The van der Waals surface area contributed by atoms with Crippen LogP contribution in [0.2, 0.25) is 0 Å². The van der Waals surface area contributed by atoms with E-state index in [1.807, 2.05) is 21.1 Å². The van der Waals surface area contributed by atoms with Crippen LogP contribution in [0.25, 0.3) is 0 Å². The number of esters is 2. The number of carboxylic acids is 1. The number of rotatable bonds is 88. The summed E-state index contributed by atoms with van der Waals surface area (Å²) in [6, 6.07) is 0. The summed E-state index contributed by atoms with van der Waals surface area (Å²) in [5, 5.41) is 11.9. The third-order valence-corrected chi connectivity index (χ3v) is 21.1. The number of ether oxygens (including phenoxy) is 4. The van der Waals surface area contributed by atoms with Gasteiger partial charge in [-0.1, -0.05) is 446 Å². The third-order valence-electron chi connectivity index (χ3n) is 21.1. The first-order valence-electron chi connectivity index (χ1n) is 46.7. The maximum atomic E-state index is 13.0. The average Bonchev–Trinajstić information content (AvgIpc) is 0.965. The Kier molecular flexibility index (Phi) is 85.1. The molecule has 0 aliphatic rings. The third kappa shape index (κ3) is 89.6. The van der Waals surface area contributed by atoms with Crippen LogP contribution < -0.4 is 5.11 Å². The van der Waals surface area contributed by atoms with E-state index in [4.69, 9.17) is 18.9 Å². The molecule has 0 bridgehead atoms. The summed E-state index contributed by atoms with van der Waals surface area (Å²) in [4.78, 5) is 37.7. The number of carbonyl (C=O) groups is 3. The summed E-state index contributed by atoms with van der Waals surface area (Å²) in [5.41, 5.74) is 0. The molecule has 0 rings (SSSR count). The molecule has 107 heavy (non-hydrogen) atoms. The van der Waals surface area contributed by atoms with Crippen LogP contribution in [0, 0.1) is 0 Å². The van der Waals surface area contributed by atoms with Gasteiger partial charge in [0.05, 0.1) is 40.3 Å². The van der Waals surface area contributed by atoms with Crippen LogP contribution in [-0.2, 0) is 33.3 Å². The summed E-state index contributed by atoms with van der Waals surface area (Å²) >= 11 is 0. The van der Waals surface area contributed by atoms with Crippen molar-refractivity contribution in [2.75, 3.05) is 47.5 Å². The van der Waals surface area contributed by atoms with Gasteiger partial charge < -0.3 is 33.3 Å². The fraction of sp³-hybridized carbons (Fsp3) is 0.827. The Morgan fingerprint density at radius 3 is 0.794 bits per heavy atom. The number of unbranched alkanes of at least 4 members (excludes halogenated alkanes) is 59. The summed E-state index contributed by atoms with van der Waals surface area (Å²) in [6.45, 7) is 4.70. The molecule has 2 atom stereocenters. The minimum absolute atomic E-state index is 0.150. The fourth-order valence-corrected chi connectivity index (χ4v) is 14.1. The van der Waals surface area contributed by atoms with Gasteiger partial charge in [-0.3, -0.25) is 9.59 Å². The van der Waals surface area contributed by atoms with Crippen LogP contribution in [0.15, 0.2) is 85.1 Å². The van der Waals surface area contributed by atoms with Gasteiger partial charge in [-0.2, -0.15) is 0 Å². The van der Waals surface area contributed by atoms with Gasteiger partial charge in [0.2, 0.25) is 0 Å². The highest BCUT2D eigenvalue weighted by Gasteiger charge is 2.22. The lowest BCUT2D eigenvalue weighted by molar-refractivity contribution is -0.870. The number of quaternary nitrogens is 1. The van der Waals surface area contributed by atoms with Gasteiger partial charge in [-0.15, -0.1) is 0 Å². The van der Waals surface area contributed by atoms with E-state index in [0.29, 0.717) is 17.4 Å². The topological polar surface area (TPSA) is 111 Å². The second-order valence-corrected chi connectivity index (χ2v) is 32.9. The Bertz CT molecular complexity index is 2050. The SMILES string of the molecule is CC/C=C\C/C=C\C/C=C\C/C=C\C/C=C\CCCCCCCCCCCCCCCCCCCCCCCCCCCC(=O)OC(COC(=O)CCCCCCCCCCCCCCCCCCCCCCCCCCCCCCC/C=C\C/C=C\CCCCCCC)COC(OCC[N+](C)(C)C)C(=O)[O-]. The first-order valence-corrected chi connectivity index (χ1v) is 46.7. The lowest BCUT2D eigenvalue weighted by Crippen LogP contribution is -2.44. The van der Waals surface area contributed by atoms with Crippen LogP contribution in [0.1, 0.15) is 463 Å². The summed E-state index contributed by atoms with van der Waals surface area (Å²) in [5.74, 6) is -2.25. The quantitative estimate of drug-likeness (QED) is 0.0195. The highest BCUT2D eigenvalue weighted by Crippen LogP contribution is 2.21. The van der Waals surface area contributed by atoms with Crippen molar-refractivity contribution in [3.8, 4) is 0 Å². The van der Waals surface area contributed by atoms with Crippen molar-refractivity contribution in [2.45, 2.75) is 476 Å². The number of nitrogens with zero attached hydrogens (tertiary/aromatic N) is 1. The molecule has 0 aromatic carbocycles. The normalized spacial score (nSPS) is 12.9. The minimum atomic E-state index is -1.62. The predicted octanol–water partition coefficient (Wildman–Crippen LogP) is 29.5. The Morgan fingerprint density at radius 1 is 0.290 bits per heavy atom. The zero-order valence-corrected chi connectivity index (χ0v) is 71.8. The Morgan fingerprint density at radius 2 is 0.533 bits per heavy atom. The van der Waals surface area contributed by atoms with Crippen molar-refractivity contribution in [3.63, 3.8) is 0 Å². The summed E-state index contributed by atoms with van der Waals surface area (Å²) in [7, 11) is 5.96. The first kappa shape index (κ1) is 103. The van der Waals surface area contributed by atoms with Crippen molar-refractivity contribution in [1.82, 2.24) is 0 Å². The molecule has 0 N–H and O–H groups in total. The van der Waals surface area contributed by atoms with Gasteiger partial charge in [-0.05, 0) is 89.9 Å². The molecule has 9 nitrogen and oxygen atoms in total. The molecule has 624 valence electrons. The molecular weight excluding hydrogens is 1320 g/mol. The van der Waals surface area contributed by atoms with E-state index in [0.717, 1.165) is 77.0 Å². The van der Waals surface area contributed by atoms with Crippen LogP contribution in [-0.4, -0.2) is 82.3 Å². The molecule has 0 radical (unpaired) electrons. The number of aliphatic carboxylic acids is 1. The predicted molar refractivity (Wildman–Crippen MR) is 463 cm³/mol. The molecule has 0 fully saturated rings. The summed E-state index contributed by atoms with van der Waals surface area (Å²) in [6.07, 6.45) is 119. The molecule has 0 aromatic heterocycles. The zero-order valence-electron chi connectivity index (χ0n) is 71.8. The van der Waals surface area contributed by atoms with Gasteiger partial charge >= 0.3 is 11.9 Å². The monoisotopic (exact) mass is 1500 g/mol. The largest absolute Gasteiger partial charge is 0.545 e. The van der Waals surface area contributed by atoms with Gasteiger partial charge in [0.1, 0.15) is 13.2 Å². The molecule has 0 amide bonds. The maximum absolute atomic E-state index is 13.0. The van der Waals surface area contributed by atoms with Gasteiger partial charge in [0, 0.05) is 12.8 Å². The molecule has 0 aromatic rings. The smallest absolute Gasteiger partial charge is 0.306 e. The fourth-order valence-electron chi connectivity index (χ4n) is 14.1. The van der Waals surface area contributed by atoms with Gasteiger partial charge in [0.15, 0.2) is 12.4 Å². The first-order chi connectivity index (χ1) is 52.6. The number of carbonyl (C=O) groups excluding carboxylic acids is 3. The van der Waals surface area contributed by atoms with Crippen molar-refractivity contribution >= 4 is 17.9 Å². The Balaban J connectivity index is 3.88. The lowest BCUT2D eigenvalue weighted by atomic mass is 10.0. The van der Waals surface area contributed by atoms with Crippen molar-refractivity contribution < 1.29 is 42.9 Å². The lowest BCUT2D eigenvalue weighted by Gasteiger charge is -2.26. The van der Waals surface area contributed by atoms with E-state index in [2.05, 4.69) is 98.9 Å². The molecule has 0 saturated carbocycles. The van der Waals surface area contributed by atoms with Gasteiger partial charge in [0.25, 0.3) is 0 Å². The molecular formula is C98H179NO8. The van der Waals surface area contributed by atoms with E-state index < -0.39 is 24.3 Å². The van der Waals surface area contributed by atoms with Crippen LogP contribution in [0.5, 0.6) is 0 Å². The highest BCUT2D eigenvalue weighted by atomic mass is 16.7. The number of allylic oxidation sites excluding steroid dienone is 14. The van der Waals surface area contributed by atoms with Crippen molar-refractivity contribution in [1.29, 1.82) is 0 Å². The maximum Gasteiger partial charge on any atom is 0.306 e. The molecule has 0 aliphatic carbocycles. The molecule has 2 unspecified atom stereocenters. The van der Waals surface area contributed by atoms with E-state index >= 15 is 0 Å². The number of carboxylic acid groups (broad SMARTS) is 1. The Hall–Kier alpha value is -3.53. The average molecular weight is 1500 g/mol. The number of hydrogen-bond acceptors (Lipinski definition) is 8. The van der Waals surface area contributed by atoms with Crippen molar-refractivity contribution in [2.24, 2.45) is 0 Å². The van der Waals surface area contributed by atoms with E-state index in [9.17, 15) is 19.5 Å². The van der Waals surface area contributed by atoms with Gasteiger partial charge in [-0.25, -0.2) is 0 Å². The zero-order chi connectivity index (χ0) is 77.4. The van der Waals surface area contributed by atoms with Crippen LogP contribution >= 0.6 is 0 Å². The van der Waals surface area contributed by atoms with Crippen LogP contribution in [0.3, 0.4) is 0 Å². The number of likely N-dealkylation sites (N-methyl/N-ethyl adjacent to an activating group) is 1. The van der Waals surface area contributed by atoms with Crippen molar-refractivity contribution in [3.05, 3.63) is 85.1 Å². The van der Waals surface area contributed by atoms with E-state index in [1.54, 1.807) is 0 Å². The second kappa shape index (κ2) is 88.0.